The van der Waals surface area contributed by atoms with E-state index in [1.807, 2.05) is 0 Å². The Morgan fingerprint density at radius 1 is 0.529 bits per heavy atom. The van der Waals surface area contributed by atoms with Crippen LogP contribution in [0.2, 0.25) is 0 Å². The monoisotopic (exact) mass is 658 g/mol. The molecule has 2 aliphatic carbocycles. The highest BCUT2D eigenvalue weighted by molar-refractivity contribution is 6.12. The second kappa shape index (κ2) is 10.9. The lowest BCUT2D eigenvalue weighted by Crippen LogP contribution is -2.30. The zero-order valence-corrected chi connectivity index (χ0v) is 28.8. The van der Waals surface area contributed by atoms with Crippen molar-refractivity contribution in [2.45, 2.75) is 44.4 Å². The van der Waals surface area contributed by atoms with Crippen molar-refractivity contribution in [3.63, 3.8) is 0 Å². The summed E-state index contributed by atoms with van der Waals surface area (Å²) >= 11 is 0. The molecule has 11 rings (SSSR count). The highest BCUT2D eigenvalue weighted by atomic mass is 15.2. The molecule has 0 saturated heterocycles. The Labute approximate surface area is 297 Å². The minimum absolute atomic E-state index is 0.262. The van der Waals surface area contributed by atoms with Gasteiger partial charge in [0.25, 0.3) is 0 Å². The lowest BCUT2D eigenvalue weighted by atomic mass is 9.66. The van der Waals surface area contributed by atoms with Crippen molar-refractivity contribution in [3.05, 3.63) is 145 Å². The zero-order chi connectivity index (χ0) is 33.7. The van der Waals surface area contributed by atoms with Gasteiger partial charge in [-0.1, -0.05) is 123 Å². The van der Waals surface area contributed by atoms with Gasteiger partial charge in [0.05, 0.1) is 33.3 Å². The Hall–Kier alpha value is -5.74. The van der Waals surface area contributed by atoms with E-state index in [0.29, 0.717) is 5.95 Å². The largest absolute Gasteiger partial charge is 0.309 e. The first-order valence-corrected chi connectivity index (χ1v) is 18.5. The van der Waals surface area contributed by atoms with Crippen LogP contribution in [0.5, 0.6) is 0 Å². The van der Waals surface area contributed by atoms with Crippen LogP contribution < -0.4 is 0 Å². The average molecular weight is 659 g/mol. The molecule has 51 heavy (non-hydrogen) atoms. The van der Waals surface area contributed by atoms with E-state index in [4.69, 9.17) is 9.97 Å². The fraction of sp³-hybridized carbons (Fsp3) is 0.191. The van der Waals surface area contributed by atoms with Crippen LogP contribution in [0.25, 0.3) is 77.4 Å². The fourth-order valence-corrected chi connectivity index (χ4v) is 10.1. The van der Waals surface area contributed by atoms with Crippen molar-refractivity contribution in [2.24, 2.45) is 11.8 Å². The number of nitrogens with zero attached hydrogens (tertiary/aromatic N) is 4. The van der Waals surface area contributed by atoms with Crippen LogP contribution in [-0.4, -0.2) is 19.1 Å². The first-order chi connectivity index (χ1) is 25.1. The molecule has 4 nitrogen and oxygen atoms in total. The van der Waals surface area contributed by atoms with Crippen LogP contribution in [0, 0.1) is 11.8 Å². The van der Waals surface area contributed by atoms with Gasteiger partial charge < -0.3 is 4.57 Å². The highest BCUT2D eigenvalue weighted by Gasteiger charge is 2.41. The molecule has 0 amide bonds. The molecule has 2 saturated carbocycles. The molecule has 0 aliphatic heterocycles. The van der Waals surface area contributed by atoms with Gasteiger partial charge in [-0.25, -0.2) is 9.97 Å². The van der Waals surface area contributed by atoms with E-state index in [9.17, 15) is 0 Å². The lowest BCUT2D eigenvalue weighted by molar-refractivity contribution is 0.232. The van der Waals surface area contributed by atoms with Crippen molar-refractivity contribution in [1.29, 1.82) is 0 Å². The summed E-state index contributed by atoms with van der Waals surface area (Å²) in [6.07, 6.45) is 6.89. The summed E-state index contributed by atoms with van der Waals surface area (Å²) in [5.74, 6) is 2.47. The van der Waals surface area contributed by atoms with Gasteiger partial charge in [-0.05, 0) is 78.5 Å². The summed E-state index contributed by atoms with van der Waals surface area (Å²) < 4.78 is 4.66. The lowest BCUT2D eigenvalue weighted by Gasteiger charge is -2.38. The number of hydrogen-bond donors (Lipinski definition) is 0. The molecule has 2 bridgehead atoms. The summed E-state index contributed by atoms with van der Waals surface area (Å²) in [6.45, 7) is 2.50. The summed E-state index contributed by atoms with van der Waals surface area (Å²) in [7, 11) is 0. The first kappa shape index (κ1) is 29.0. The normalized spacial score (nSPS) is 20.3. The third-order valence-electron chi connectivity index (χ3n) is 12.3. The maximum atomic E-state index is 5.44. The summed E-state index contributed by atoms with van der Waals surface area (Å²) in [6, 6.07) is 50.7. The van der Waals surface area contributed by atoms with Crippen LogP contribution in [0.15, 0.2) is 140 Å². The van der Waals surface area contributed by atoms with Gasteiger partial charge in [0.2, 0.25) is 5.95 Å². The van der Waals surface area contributed by atoms with Gasteiger partial charge in [-0.2, -0.15) is 0 Å². The minimum Gasteiger partial charge on any atom is -0.309 e. The van der Waals surface area contributed by atoms with E-state index in [0.717, 1.165) is 50.7 Å². The second-order valence-corrected chi connectivity index (χ2v) is 15.4. The predicted molar refractivity (Wildman–Crippen MR) is 211 cm³/mol. The summed E-state index contributed by atoms with van der Waals surface area (Å²) in [5, 5.41) is 5.97. The van der Waals surface area contributed by atoms with Crippen molar-refractivity contribution in [2.75, 3.05) is 0 Å². The third-order valence-corrected chi connectivity index (χ3v) is 12.3. The van der Waals surface area contributed by atoms with E-state index >= 15 is 0 Å². The molecule has 2 fully saturated rings. The van der Waals surface area contributed by atoms with E-state index in [1.54, 1.807) is 0 Å². The Balaban J connectivity index is 1.11. The standard InChI is InChI=1S/C47H38N4/c1-47(28-30-18-19-31(26-30)29-47)33-22-20-32(21-23-33)45-39-13-2-6-14-40(39)48-46(49-45)51-43-17-9-5-12-37(43)38-25-24-34(27-44(38)51)50-41-15-7-3-10-35(41)36-11-4-8-16-42(36)50/h2-17,20-25,27,30-31H,18-19,26,28-29H2,1H3/t30-,31-/m1/s1. The van der Waals surface area contributed by atoms with Crippen LogP contribution in [-0.2, 0) is 5.41 Å². The van der Waals surface area contributed by atoms with Crippen molar-refractivity contribution in [1.82, 2.24) is 19.1 Å². The Morgan fingerprint density at radius 3 is 1.73 bits per heavy atom. The molecular formula is C47H38N4. The summed E-state index contributed by atoms with van der Waals surface area (Å²) in [4.78, 5) is 10.7. The second-order valence-electron chi connectivity index (χ2n) is 15.4. The Morgan fingerprint density at radius 2 is 1.08 bits per heavy atom. The molecule has 0 spiro atoms. The highest BCUT2D eigenvalue weighted by Crippen LogP contribution is 2.52. The molecule has 6 aromatic carbocycles. The quantitative estimate of drug-likeness (QED) is 0.189. The molecule has 4 heteroatoms. The predicted octanol–water partition coefficient (Wildman–Crippen LogP) is 12.0. The Bertz CT molecular complexity index is 2750. The average Bonchev–Trinajstić information content (AvgIpc) is 3.82. The van der Waals surface area contributed by atoms with E-state index in [1.165, 1.54) is 70.2 Å². The molecule has 3 aromatic heterocycles. The van der Waals surface area contributed by atoms with Gasteiger partial charge >= 0.3 is 0 Å². The third kappa shape index (κ3) is 4.39. The van der Waals surface area contributed by atoms with Gasteiger partial charge in [-0.3, -0.25) is 4.57 Å². The molecule has 246 valence electrons. The molecular weight excluding hydrogens is 621 g/mol. The topological polar surface area (TPSA) is 35.6 Å². The molecule has 0 unspecified atom stereocenters. The molecule has 9 aromatic rings. The number of rotatable bonds is 4. The van der Waals surface area contributed by atoms with Gasteiger partial charge in [0.15, 0.2) is 0 Å². The Kier molecular flexibility index (Phi) is 6.19. The maximum absolute atomic E-state index is 5.44. The number of fused-ring (bicyclic) bond motifs is 9. The number of para-hydroxylation sites is 4. The fourth-order valence-electron chi connectivity index (χ4n) is 10.1. The summed E-state index contributed by atoms with van der Waals surface area (Å²) in [5.41, 5.74) is 10.5. The molecule has 2 atom stereocenters. The van der Waals surface area contributed by atoms with Crippen LogP contribution >= 0.6 is 0 Å². The van der Waals surface area contributed by atoms with Crippen molar-refractivity contribution in [3.8, 4) is 22.9 Å². The van der Waals surface area contributed by atoms with Gasteiger partial charge in [0, 0.05) is 38.2 Å². The minimum atomic E-state index is 0.262. The number of hydrogen-bond acceptors (Lipinski definition) is 2. The van der Waals surface area contributed by atoms with Crippen LogP contribution in [0.3, 0.4) is 0 Å². The SMILES string of the molecule is CC1(c2ccc(-c3nc(-n4c5ccccc5c5ccc(-n6c7ccccc7c7ccccc76)cc54)nc4ccccc34)cc2)C[C@@H]2CC[C@H](C2)C1. The van der Waals surface area contributed by atoms with Gasteiger partial charge in [0.1, 0.15) is 0 Å². The molecule has 0 N–H and O–H groups in total. The van der Waals surface area contributed by atoms with Crippen LogP contribution in [0.1, 0.15) is 44.6 Å². The zero-order valence-electron chi connectivity index (χ0n) is 28.8. The number of benzene rings is 6. The molecule has 3 heterocycles. The smallest absolute Gasteiger partial charge is 0.235 e. The van der Waals surface area contributed by atoms with Crippen LogP contribution in [0.4, 0.5) is 0 Å². The molecule has 0 radical (unpaired) electrons. The maximum Gasteiger partial charge on any atom is 0.235 e. The van der Waals surface area contributed by atoms with E-state index in [2.05, 4.69) is 156 Å². The van der Waals surface area contributed by atoms with E-state index < -0.39 is 0 Å². The van der Waals surface area contributed by atoms with Crippen molar-refractivity contribution < 1.29 is 0 Å². The van der Waals surface area contributed by atoms with Crippen molar-refractivity contribution >= 4 is 54.5 Å². The van der Waals surface area contributed by atoms with Gasteiger partial charge in [-0.15, -0.1) is 0 Å². The molecule has 2 aliphatic rings. The first-order valence-electron chi connectivity index (χ1n) is 18.5. The number of aromatic nitrogens is 4. The van der Waals surface area contributed by atoms with E-state index in [-0.39, 0.29) is 5.41 Å².